The number of carbonyl (C=O) groups excluding carboxylic acids is 2. The first-order valence-corrected chi connectivity index (χ1v) is 9.88. The van der Waals surface area contributed by atoms with Gasteiger partial charge < -0.3 is 14.8 Å². The van der Waals surface area contributed by atoms with E-state index >= 15 is 0 Å². The fourth-order valence-electron chi connectivity index (χ4n) is 2.13. The molecule has 1 N–H and O–H groups in total. The van der Waals surface area contributed by atoms with Gasteiger partial charge in [-0.2, -0.15) is 0 Å². The van der Waals surface area contributed by atoms with Gasteiger partial charge in [-0.25, -0.2) is 0 Å². The molecule has 0 spiro atoms. The molecular weight excluding hydrogens is 320 g/mol. The van der Waals surface area contributed by atoms with Crippen molar-refractivity contribution in [2.75, 3.05) is 39.5 Å². The van der Waals surface area contributed by atoms with Gasteiger partial charge in [-0.15, -0.1) is 0 Å². The second kappa shape index (κ2) is 17.7. The van der Waals surface area contributed by atoms with Crippen molar-refractivity contribution in [2.24, 2.45) is 0 Å². The van der Waals surface area contributed by atoms with E-state index in [2.05, 4.69) is 31.0 Å². The van der Waals surface area contributed by atoms with Crippen LogP contribution in [-0.4, -0.2) is 56.4 Å². The third-order valence-corrected chi connectivity index (χ3v) is 3.82. The van der Waals surface area contributed by atoms with Crippen LogP contribution < -0.4 is 5.32 Å². The summed E-state index contributed by atoms with van der Waals surface area (Å²) in [5, 5.41) is 3.26. The van der Waals surface area contributed by atoms with E-state index in [-0.39, 0.29) is 11.9 Å². The average Bonchev–Trinajstić information content (AvgIpc) is 2.60. The minimum Gasteiger partial charge on any atom is -0.466 e. The molecule has 0 bridgehead atoms. The zero-order valence-electron chi connectivity index (χ0n) is 16.5. The van der Waals surface area contributed by atoms with Crippen molar-refractivity contribution in [1.29, 1.82) is 0 Å². The van der Waals surface area contributed by atoms with Gasteiger partial charge in [-0.3, -0.25) is 14.5 Å². The highest BCUT2D eigenvalue weighted by Crippen LogP contribution is 1.99. The maximum Gasteiger partial charge on any atom is 0.307 e. The van der Waals surface area contributed by atoms with Crippen molar-refractivity contribution in [3.05, 3.63) is 0 Å². The summed E-state index contributed by atoms with van der Waals surface area (Å²) >= 11 is 0. The van der Waals surface area contributed by atoms with Crippen LogP contribution in [0.1, 0.15) is 72.1 Å². The van der Waals surface area contributed by atoms with Gasteiger partial charge in [0.15, 0.2) is 0 Å². The Kier molecular flexibility index (Phi) is 16.9. The fraction of sp³-hybridized carbons (Fsp3) is 0.895. The first-order valence-electron chi connectivity index (χ1n) is 9.88. The molecule has 0 heterocycles. The molecule has 6 nitrogen and oxygen atoms in total. The molecule has 0 aliphatic rings. The Labute approximate surface area is 153 Å². The van der Waals surface area contributed by atoms with Crippen LogP contribution in [0.3, 0.4) is 0 Å². The Hall–Kier alpha value is -1.14. The molecule has 0 radical (unpaired) electrons. The van der Waals surface area contributed by atoms with Gasteiger partial charge in [-0.1, -0.05) is 40.0 Å². The van der Waals surface area contributed by atoms with Crippen molar-refractivity contribution < 1.29 is 19.1 Å². The summed E-state index contributed by atoms with van der Waals surface area (Å²) in [7, 11) is 0. The number of esters is 2. The molecule has 0 aromatic rings. The molecule has 25 heavy (non-hydrogen) atoms. The molecule has 6 heteroatoms. The third kappa shape index (κ3) is 16.1. The second-order valence-electron chi connectivity index (χ2n) is 6.28. The number of nitrogens with one attached hydrogen (secondary N) is 1. The van der Waals surface area contributed by atoms with E-state index in [1.165, 1.54) is 0 Å². The molecule has 0 aromatic carbocycles. The molecule has 0 unspecified atom stereocenters. The lowest BCUT2D eigenvalue weighted by molar-refractivity contribution is -0.144. The Bertz CT molecular complexity index is 337. The average molecular weight is 359 g/mol. The number of carbonyl (C=O) groups is 2. The zero-order valence-corrected chi connectivity index (χ0v) is 16.5. The van der Waals surface area contributed by atoms with Gasteiger partial charge in [0.1, 0.15) is 0 Å². The summed E-state index contributed by atoms with van der Waals surface area (Å²) in [6.07, 6.45) is 6.88. The first-order chi connectivity index (χ1) is 12.1. The lowest BCUT2D eigenvalue weighted by atomic mass is 10.3. The summed E-state index contributed by atoms with van der Waals surface area (Å²) in [6, 6.07) is 0. The van der Waals surface area contributed by atoms with E-state index in [1.807, 2.05) is 0 Å². The van der Waals surface area contributed by atoms with Crippen LogP contribution in [0.15, 0.2) is 0 Å². The Morgan fingerprint density at radius 3 is 1.92 bits per heavy atom. The Balaban J connectivity index is 3.90. The predicted molar refractivity (Wildman–Crippen MR) is 100 cm³/mol. The van der Waals surface area contributed by atoms with Crippen LogP contribution >= 0.6 is 0 Å². The van der Waals surface area contributed by atoms with Gasteiger partial charge in [0.25, 0.3) is 0 Å². The molecule has 0 amide bonds. The van der Waals surface area contributed by atoms with Crippen molar-refractivity contribution >= 4 is 11.9 Å². The van der Waals surface area contributed by atoms with Crippen molar-refractivity contribution in [1.82, 2.24) is 10.2 Å². The summed E-state index contributed by atoms with van der Waals surface area (Å²) in [5.74, 6) is -0.282. The van der Waals surface area contributed by atoms with Gasteiger partial charge in [0.2, 0.25) is 0 Å². The Morgan fingerprint density at radius 1 is 0.800 bits per heavy atom. The number of hydrogen-bond donors (Lipinski definition) is 1. The standard InChI is InChI=1S/C19H38N2O4/c1-4-7-13-21(14-11-19(23)25-16-9-6-3)17-20-12-10-18(22)24-15-8-5-2/h20H,4-17H2,1-3H3. The van der Waals surface area contributed by atoms with Gasteiger partial charge in [0.05, 0.1) is 26.1 Å². The topological polar surface area (TPSA) is 67.9 Å². The predicted octanol–water partition coefficient (Wildman–Crippen LogP) is 3.10. The van der Waals surface area contributed by atoms with Crippen LogP contribution in [0.4, 0.5) is 0 Å². The van der Waals surface area contributed by atoms with E-state index in [1.54, 1.807) is 0 Å². The Morgan fingerprint density at radius 2 is 1.36 bits per heavy atom. The van der Waals surface area contributed by atoms with Gasteiger partial charge >= 0.3 is 11.9 Å². The van der Waals surface area contributed by atoms with Crippen LogP contribution in [0, 0.1) is 0 Å². The summed E-state index contributed by atoms with van der Waals surface area (Å²) in [5.41, 5.74) is 0. The molecule has 0 aliphatic heterocycles. The van der Waals surface area contributed by atoms with Gasteiger partial charge in [-0.05, 0) is 25.8 Å². The van der Waals surface area contributed by atoms with Crippen molar-refractivity contribution in [2.45, 2.75) is 72.1 Å². The second-order valence-corrected chi connectivity index (χ2v) is 6.28. The molecular formula is C19H38N2O4. The molecule has 0 saturated heterocycles. The number of hydrogen-bond acceptors (Lipinski definition) is 6. The fourth-order valence-corrected chi connectivity index (χ4v) is 2.13. The van der Waals surface area contributed by atoms with Crippen LogP contribution in [0.25, 0.3) is 0 Å². The number of nitrogens with zero attached hydrogens (tertiary/aromatic N) is 1. The van der Waals surface area contributed by atoms with Crippen molar-refractivity contribution in [3.63, 3.8) is 0 Å². The van der Waals surface area contributed by atoms with Gasteiger partial charge in [0, 0.05) is 19.8 Å². The van der Waals surface area contributed by atoms with Crippen LogP contribution in [0.2, 0.25) is 0 Å². The molecule has 0 aliphatic carbocycles. The van der Waals surface area contributed by atoms with Crippen LogP contribution in [0.5, 0.6) is 0 Å². The van der Waals surface area contributed by atoms with E-state index in [4.69, 9.17) is 9.47 Å². The maximum absolute atomic E-state index is 11.7. The van der Waals surface area contributed by atoms with E-state index in [9.17, 15) is 9.59 Å². The third-order valence-electron chi connectivity index (χ3n) is 3.82. The summed E-state index contributed by atoms with van der Waals surface area (Å²) in [4.78, 5) is 25.4. The highest BCUT2D eigenvalue weighted by molar-refractivity contribution is 5.69. The first kappa shape index (κ1) is 23.9. The SMILES string of the molecule is CCCCOC(=O)CCNCN(CCCC)CCC(=O)OCCCC. The zero-order chi connectivity index (χ0) is 18.8. The quantitative estimate of drug-likeness (QED) is 0.245. The molecule has 0 rings (SSSR count). The number of ether oxygens (including phenoxy) is 2. The number of unbranched alkanes of at least 4 members (excludes halogenated alkanes) is 3. The molecule has 0 fully saturated rings. The molecule has 0 saturated carbocycles. The minimum atomic E-state index is -0.152. The highest BCUT2D eigenvalue weighted by Gasteiger charge is 2.09. The lowest BCUT2D eigenvalue weighted by Crippen LogP contribution is -2.37. The highest BCUT2D eigenvalue weighted by atomic mass is 16.5. The van der Waals surface area contributed by atoms with Crippen LogP contribution in [-0.2, 0) is 19.1 Å². The molecule has 148 valence electrons. The molecule has 0 aromatic heterocycles. The summed E-state index contributed by atoms with van der Waals surface area (Å²) in [6.45, 7) is 10.2. The maximum atomic E-state index is 11.7. The van der Waals surface area contributed by atoms with E-state index in [0.29, 0.717) is 45.8 Å². The monoisotopic (exact) mass is 358 g/mol. The van der Waals surface area contributed by atoms with Crippen molar-refractivity contribution in [3.8, 4) is 0 Å². The largest absolute Gasteiger partial charge is 0.466 e. The normalized spacial score (nSPS) is 10.9. The lowest BCUT2D eigenvalue weighted by Gasteiger charge is -2.22. The number of rotatable bonds is 17. The smallest absolute Gasteiger partial charge is 0.307 e. The van der Waals surface area contributed by atoms with E-state index in [0.717, 1.165) is 45.1 Å². The van der Waals surface area contributed by atoms with E-state index < -0.39 is 0 Å². The molecule has 0 atom stereocenters. The summed E-state index contributed by atoms with van der Waals surface area (Å²) < 4.78 is 10.3. The minimum absolute atomic E-state index is 0.130.